The summed E-state index contributed by atoms with van der Waals surface area (Å²) in [4.78, 5) is 31.6. The number of carbonyl (C=O) groups excluding carboxylic acids is 1. The second-order valence-corrected chi connectivity index (χ2v) is 9.87. The Labute approximate surface area is 230 Å². The molecule has 206 valence electrons. The van der Waals surface area contributed by atoms with Gasteiger partial charge in [0.05, 0.1) is 41.1 Å². The first kappa shape index (κ1) is 27.2. The lowest BCUT2D eigenvalue weighted by atomic mass is 9.96. The van der Waals surface area contributed by atoms with Crippen LogP contribution >= 0.6 is 11.3 Å². The van der Waals surface area contributed by atoms with E-state index in [1.807, 2.05) is 0 Å². The predicted octanol–water partition coefficient (Wildman–Crippen LogP) is 5.09. The number of fused-ring (bicyclic) bond motifs is 1. The molecule has 0 spiro atoms. The molecule has 0 unspecified atom stereocenters. The molecule has 1 atom stereocenters. The van der Waals surface area contributed by atoms with Crippen LogP contribution in [-0.2, 0) is 15.7 Å². The van der Waals surface area contributed by atoms with Crippen LogP contribution in [0, 0.1) is 0 Å². The molecule has 1 aliphatic heterocycles. The van der Waals surface area contributed by atoms with E-state index in [9.17, 15) is 22.8 Å². The average Bonchev–Trinajstić information content (AvgIpc) is 3.52. The van der Waals surface area contributed by atoms with Gasteiger partial charge < -0.3 is 13.9 Å². The molecule has 0 aliphatic carbocycles. The summed E-state index contributed by atoms with van der Waals surface area (Å²) in [7, 11) is 1.54. The van der Waals surface area contributed by atoms with Crippen molar-refractivity contribution in [2.45, 2.75) is 26.1 Å². The quantitative estimate of drug-likeness (QED) is 0.303. The number of benzene rings is 2. The van der Waals surface area contributed by atoms with Gasteiger partial charge in [-0.15, -0.1) is 0 Å². The van der Waals surface area contributed by atoms with E-state index in [1.165, 1.54) is 22.8 Å². The van der Waals surface area contributed by atoms with Crippen molar-refractivity contribution in [3.05, 3.63) is 109 Å². The van der Waals surface area contributed by atoms with Crippen LogP contribution in [0.4, 0.5) is 13.2 Å². The van der Waals surface area contributed by atoms with Gasteiger partial charge in [-0.25, -0.2) is 9.79 Å². The summed E-state index contributed by atoms with van der Waals surface area (Å²) in [6, 6.07) is 14.2. The SMILES string of the molecule is CCOC(=O)C1=C(C)N=c2s/c(=C/c3ccc(-c4cccc(C(F)(F)F)c4)o3)c(=O)n2[C@@H]1c1ccc(OC)cc1. The molecule has 2 aromatic heterocycles. The Morgan fingerprint density at radius 3 is 2.58 bits per heavy atom. The highest BCUT2D eigenvalue weighted by Gasteiger charge is 2.33. The fourth-order valence-corrected chi connectivity index (χ4v) is 5.48. The maximum absolute atomic E-state index is 13.7. The second kappa shape index (κ2) is 10.6. The Hall–Kier alpha value is -4.38. The monoisotopic (exact) mass is 568 g/mol. The van der Waals surface area contributed by atoms with Gasteiger partial charge in [0.2, 0.25) is 0 Å². The predicted molar refractivity (Wildman–Crippen MR) is 143 cm³/mol. The summed E-state index contributed by atoms with van der Waals surface area (Å²) in [6.07, 6.45) is -2.98. The highest BCUT2D eigenvalue weighted by Crippen LogP contribution is 2.33. The number of thiazole rings is 1. The molecule has 3 heterocycles. The van der Waals surface area contributed by atoms with Crippen molar-refractivity contribution in [3.63, 3.8) is 0 Å². The summed E-state index contributed by atoms with van der Waals surface area (Å²) in [5, 5.41) is 0. The lowest BCUT2D eigenvalue weighted by Gasteiger charge is -2.24. The molecule has 11 heteroatoms. The fraction of sp³-hybridized carbons (Fsp3) is 0.207. The lowest BCUT2D eigenvalue weighted by Crippen LogP contribution is -2.39. The van der Waals surface area contributed by atoms with E-state index in [4.69, 9.17) is 13.9 Å². The first-order valence-electron chi connectivity index (χ1n) is 12.2. The number of methoxy groups -OCH3 is 1. The van der Waals surface area contributed by atoms with Crippen LogP contribution in [0.25, 0.3) is 17.4 Å². The van der Waals surface area contributed by atoms with Gasteiger partial charge in [-0.2, -0.15) is 13.2 Å². The number of aromatic nitrogens is 1. The van der Waals surface area contributed by atoms with Crippen LogP contribution in [0.1, 0.15) is 36.8 Å². The Bertz CT molecular complexity index is 1800. The first-order chi connectivity index (χ1) is 19.1. The summed E-state index contributed by atoms with van der Waals surface area (Å²) >= 11 is 1.11. The van der Waals surface area contributed by atoms with Gasteiger partial charge in [0.1, 0.15) is 17.3 Å². The number of esters is 1. The number of alkyl halides is 3. The minimum absolute atomic E-state index is 0.155. The summed E-state index contributed by atoms with van der Waals surface area (Å²) < 4.78 is 57.5. The van der Waals surface area contributed by atoms with E-state index in [2.05, 4.69) is 4.99 Å². The highest BCUT2D eigenvalue weighted by molar-refractivity contribution is 7.07. The Morgan fingerprint density at radius 2 is 1.90 bits per heavy atom. The van der Waals surface area contributed by atoms with Crippen molar-refractivity contribution in [1.29, 1.82) is 0 Å². The van der Waals surface area contributed by atoms with E-state index < -0.39 is 29.3 Å². The molecular formula is C29H23F3N2O5S. The molecule has 0 bridgehead atoms. The van der Waals surface area contributed by atoms with Gasteiger partial charge in [-0.05, 0) is 55.8 Å². The van der Waals surface area contributed by atoms with Crippen molar-refractivity contribution in [1.82, 2.24) is 4.57 Å². The maximum atomic E-state index is 13.7. The number of halogens is 3. The zero-order chi connectivity index (χ0) is 28.6. The summed E-state index contributed by atoms with van der Waals surface area (Å²) in [5.74, 6) is 0.543. The van der Waals surface area contributed by atoms with Gasteiger partial charge in [-0.1, -0.05) is 35.6 Å². The number of hydrogen-bond donors (Lipinski definition) is 0. The Balaban J connectivity index is 1.60. The third-order valence-electron chi connectivity index (χ3n) is 6.32. The van der Waals surface area contributed by atoms with Crippen molar-refractivity contribution in [2.24, 2.45) is 4.99 Å². The van der Waals surface area contributed by atoms with E-state index in [0.717, 1.165) is 23.5 Å². The van der Waals surface area contributed by atoms with Crippen LogP contribution in [0.15, 0.2) is 86.1 Å². The molecule has 0 saturated carbocycles. The van der Waals surface area contributed by atoms with Gasteiger partial charge in [0.15, 0.2) is 4.80 Å². The standard InChI is InChI=1S/C29H23F3N2O5S/c1-4-38-27(36)24-16(2)33-28-34(25(24)17-8-10-20(37-3)11-9-17)26(35)23(40-28)15-21-12-13-22(39-21)18-6-5-7-19(14-18)29(30,31)32/h5-15,25H,4H2,1-3H3/b23-15+/t25-/m1/s1. The molecule has 0 radical (unpaired) electrons. The number of allylic oxidation sites excluding steroid dienone is 1. The average molecular weight is 569 g/mol. The molecular weight excluding hydrogens is 545 g/mol. The van der Waals surface area contributed by atoms with Crippen LogP contribution in [-0.4, -0.2) is 24.3 Å². The minimum Gasteiger partial charge on any atom is -0.497 e. The molecule has 0 amide bonds. The molecule has 4 aromatic rings. The lowest BCUT2D eigenvalue weighted by molar-refractivity contribution is -0.139. The van der Waals surface area contributed by atoms with E-state index >= 15 is 0 Å². The molecule has 5 rings (SSSR count). The summed E-state index contributed by atoms with van der Waals surface area (Å²) in [6.45, 7) is 3.54. The van der Waals surface area contributed by atoms with Crippen LogP contribution < -0.4 is 19.6 Å². The van der Waals surface area contributed by atoms with Crippen LogP contribution in [0.2, 0.25) is 0 Å². The van der Waals surface area contributed by atoms with Crippen molar-refractivity contribution >= 4 is 23.4 Å². The molecule has 7 nitrogen and oxygen atoms in total. The van der Waals surface area contributed by atoms with E-state index in [-0.39, 0.29) is 33.8 Å². The van der Waals surface area contributed by atoms with Gasteiger partial charge >= 0.3 is 12.1 Å². The van der Waals surface area contributed by atoms with Crippen LogP contribution in [0.3, 0.4) is 0 Å². The van der Waals surface area contributed by atoms with Gasteiger partial charge in [-0.3, -0.25) is 9.36 Å². The zero-order valence-electron chi connectivity index (χ0n) is 21.6. The highest BCUT2D eigenvalue weighted by atomic mass is 32.1. The number of carbonyl (C=O) groups is 1. The smallest absolute Gasteiger partial charge is 0.416 e. The van der Waals surface area contributed by atoms with E-state index in [0.29, 0.717) is 21.8 Å². The third kappa shape index (κ3) is 5.12. The van der Waals surface area contributed by atoms with Crippen molar-refractivity contribution in [3.8, 4) is 17.1 Å². The third-order valence-corrected chi connectivity index (χ3v) is 7.31. The Morgan fingerprint density at radius 1 is 1.15 bits per heavy atom. The minimum atomic E-state index is -4.49. The normalized spacial score (nSPS) is 15.6. The number of hydrogen-bond acceptors (Lipinski definition) is 7. The number of ether oxygens (including phenoxy) is 2. The molecule has 0 N–H and O–H groups in total. The molecule has 1 aliphatic rings. The van der Waals surface area contributed by atoms with Crippen molar-refractivity contribution in [2.75, 3.05) is 13.7 Å². The van der Waals surface area contributed by atoms with Gasteiger partial charge in [0.25, 0.3) is 5.56 Å². The summed E-state index contributed by atoms with van der Waals surface area (Å²) in [5.41, 5.74) is 0.395. The molecule has 0 saturated heterocycles. The maximum Gasteiger partial charge on any atom is 0.416 e. The van der Waals surface area contributed by atoms with E-state index in [1.54, 1.807) is 57.4 Å². The molecule has 2 aromatic carbocycles. The number of rotatable bonds is 6. The topological polar surface area (TPSA) is 83.0 Å². The first-order valence-corrected chi connectivity index (χ1v) is 13.0. The van der Waals surface area contributed by atoms with Crippen molar-refractivity contribution < 1.29 is 31.9 Å². The fourth-order valence-electron chi connectivity index (χ4n) is 4.46. The molecule has 40 heavy (non-hydrogen) atoms. The number of furan rings is 1. The second-order valence-electron chi connectivity index (χ2n) is 8.86. The zero-order valence-corrected chi connectivity index (χ0v) is 22.4. The largest absolute Gasteiger partial charge is 0.497 e. The molecule has 0 fully saturated rings. The number of nitrogens with zero attached hydrogens (tertiary/aromatic N) is 2. The Kier molecular flexibility index (Phi) is 7.24. The van der Waals surface area contributed by atoms with Gasteiger partial charge in [0, 0.05) is 11.6 Å². The van der Waals surface area contributed by atoms with Crippen LogP contribution in [0.5, 0.6) is 5.75 Å².